The van der Waals surface area contributed by atoms with E-state index in [0.29, 0.717) is 48.7 Å². The van der Waals surface area contributed by atoms with Gasteiger partial charge in [0.2, 0.25) is 10.0 Å². The van der Waals surface area contributed by atoms with Gasteiger partial charge in [0.15, 0.2) is 0 Å². The molecule has 1 aliphatic heterocycles. The molecule has 0 saturated carbocycles. The number of anilines is 1. The van der Waals surface area contributed by atoms with Crippen molar-refractivity contribution in [2.75, 3.05) is 45.2 Å². The number of hydrogen-bond donors (Lipinski definition) is 0. The minimum absolute atomic E-state index is 0.0432. The van der Waals surface area contributed by atoms with Gasteiger partial charge in [0.1, 0.15) is 11.6 Å². The predicted octanol–water partition coefficient (Wildman–Crippen LogP) is 3.93. The molecule has 1 aliphatic rings. The zero-order valence-corrected chi connectivity index (χ0v) is 21.5. The number of hydrogen-bond acceptors (Lipinski definition) is 5. The van der Waals surface area contributed by atoms with Gasteiger partial charge < -0.3 is 14.5 Å². The van der Waals surface area contributed by atoms with Crippen molar-refractivity contribution in [1.82, 2.24) is 9.21 Å². The summed E-state index contributed by atoms with van der Waals surface area (Å²) in [6.07, 6.45) is 0. The Morgan fingerprint density at radius 3 is 2.31 bits per heavy atom. The van der Waals surface area contributed by atoms with Crippen LogP contribution in [0.25, 0.3) is 0 Å². The summed E-state index contributed by atoms with van der Waals surface area (Å²) in [7, 11) is -0.707. The molecule has 4 rings (SSSR count). The van der Waals surface area contributed by atoms with Crippen LogP contribution < -0.4 is 9.64 Å². The number of carbonyl (C=O) groups is 1. The van der Waals surface area contributed by atoms with Crippen LogP contribution in [0.5, 0.6) is 5.75 Å². The summed E-state index contributed by atoms with van der Waals surface area (Å²) >= 11 is 0. The SMILES string of the molecule is COc1ccc(C(=O)N2CCN(c3ccccc3F)CC2)cc1CN(C)S(=O)(=O)c1ccc(C)cc1. The van der Waals surface area contributed by atoms with Crippen molar-refractivity contribution in [3.05, 3.63) is 89.2 Å². The van der Waals surface area contributed by atoms with Crippen molar-refractivity contribution in [3.63, 3.8) is 0 Å². The van der Waals surface area contributed by atoms with Crippen molar-refractivity contribution in [2.45, 2.75) is 18.4 Å². The zero-order chi connectivity index (χ0) is 25.9. The minimum Gasteiger partial charge on any atom is -0.496 e. The maximum Gasteiger partial charge on any atom is 0.253 e. The number of para-hydroxylation sites is 1. The van der Waals surface area contributed by atoms with E-state index >= 15 is 0 Å². The van der Waals surface area contributed by atoms with Gasteiger partial charge in [-0.15, -0.1) is 0 Å². The van der Waals surface area contributed by atoms with E-state index in [9.17, 15) is 17.6 Å². The molecule has 190 valence electrons. The number of halogens is 1. The van der Waals surface area contributed by atoms with Crippen molar-refractivity contribution >= 4 is 21.6 Å². The van der Waals surface area contributed by atoms with Crippen molar-refractivity contribution in [1.29, 1.82) is 0 Å². The predicted molar refractivity (Wildman–Crippen MR) is 137 cm³/mol. The molecule has 0 aliphatic carbocycles. The molecule has 1 heterocycles. The molecule has 0 radical (unpaired) electrons. The Balaban J connectivity index is 1.49. The minimum atomic E-state index is -3.72. The lowest BCUT2D eigenvalue weighted by atomic mass is 10.1. The standard InChI is InChI=1S/C27H30FN3O4S/c1-20-8-11-23(12-9-20)36(33,34)29(2)19-22-18-21(10-13-26(22)35-3)27(32)31-16-14-30(15-17-31)25-7-5-4-6-24(25)28/h4-13,18H,14-17,19H2,1-3H3. The van der Waals surface area contributed by atoms with E-state index in [0.717, 1.165) is 5.56 Å². The highest BCUT2D eigenvalue weighted by Gasteiger charge is 2.26. The second kappa shape index (κ2) is 10.7. The molecule has 1 saturated heterocycles. The summed E-state index contributed by atoms with van der Waals surface area (Å²) in [5.74, 6) is 0.0693. The molecular formula is C27H30FN3O4S. The molecule has 3 aromatic rings. The average molecular weight is 512 g/mol. The molecule has 3 aromatic carbocycles. The number of carbonyl (C=O) groups excluding carboxylic acids is 1. The zero-order valence-electron chi connectivity index (χ0n) is 20.6. The Morgan fingerprint density at radius 2 is 1.67 bits per heavy atom. The fourth-order valence-electron chi connectivity index (χ4n) is 4.29. The highest BCUT2D eigenvalue weighted by molar-refractivity contribution is 7.89. The first-order valence-electron chi connectivity index (χ1n) is 11.7. The number of piperazine rings is 1. The third-order valence-corrected chi connectivity index (χ3v) is 8.23. The van der Waals surface area contributed by atoms with Crippen LogP contribution in [0.1, 0.15) is 21.5 Å². The average Bonchev–Trinajstić information content (AvgIpc) is 2.89. The highest BCUT2D eigenvalue weighted by atomic mass is 32.2. The van der Waals surface area contributed by atoms with Crippen LogP contribution in [-0.2, 0) is 16.6 Å². The maximum atomic E-state index is 14.1. The molecule has 9 heteroatoms. The van der Waals surface area contributed by atoms with Crippen LogP contribution in [0.15, 0.2) is 71.6 Å². The second-order valence-corrected chi connectivity index (χ2v) is 10.9. The Hall–Kier alpha value is -3.43. The smallest absolute Gasteiger partial charge is 0.253 e. The van der Waals surface area contributed by atoms with Gasteiger partial charge in [0.25, 0.3) is 5.91 Å². The number of methoxy groups -OCH3 is 1. The summed E-state index contributed by atoms with van der Waals surface area (Å²) in [4.78, 5) is 17.1. The largest absolute Gasteiger partial charge is 0.496 e. The lowest BCUT2D eigenvalue weighted by Gasteiger charge is -2.36. The number of sulfonamides is 1. The number of nitrogens with zero attached hydrogens (tertiary/aromatic N) is 3. The lowest BCUT2D eigenvalue weighted by molar-refractivity contribution is 0.0746. The van der Waals surface area contributed by atoms with Crippen molar-refractivity contribution < 1.29 is 22.3 Å². The normalized spacial score (nSPS) is 14.2. The van der Waals surface area contributed by atoms with Crippen molar-refractivity contribution in [2.24, 2.45) is 0 Å². The summed E-state index contributed by atoms with van der Waals surface area (Å²) in [5.41, 5.74) is 2.55. The van der Waals surface area contributed by atoms with Crippen molar-refractivity contribution in [3.8, 4) is 5.75 Å². The molecule has 0 atom stereocenters. The van der Waals surface area contributed by atoms with E-state index in [1.54, 1.807) is 65.6 Å². The Bertz CT molecular complexity index is 1340. The van der Waals surface area contributed by atoms with Gasteiger partial charge in [-0.25, -0.2) is 12.8 Å². The molecule has 0 spiro atoms. The van der Waals surface area contributed by atoms with Gasteiger partial charge in [0, 0.05) is 50.9 Å². The van der Waals surface area contributed by atoms with E-state index in [1.807, 2.05) is 11.8 Å². The molecule has 0 unspecified atom stereocenters. The third-order valence-electron chi connectivity index (χ3n) is 6.41. The first-order chi connectivity index (χ1) is 17.2. The molecule has 0 bridgehead atoms. The third kappa shape index (κ3) is 5.37. The van der Waals surface area contributed by atoms with Crippen LogP contribution in [0.4, 0.5) is 10.1 Å². The Morgan fingerprint density at radius 1 is 1.00 bits per heavy atom. The van der Waals surface area contributed by atoms with E-state index in [4.69, 9.17) is 4.74 Å². The molecule has 0 aromatic heterocycles. The van der Waals surface area contributed by atoms with Crippen LogP contribution in [0.2, 0.25) is 0 Å². The number of rotatable bonds is 7. The van der Waals surface area contributed by atoms with E-state index in [-0.39, 0.29) is 23.2 Å². The summed E-state index contributed by atoms with van der Waals surface area (Å²) in [5, 5.41) is 0. The van der Waals surface area contributed by atoms with Crippen LogP contribution in [-0.4, -0.2) is 63.9 Å². The van der Waals surface area contributed by atoms with Gasteiger partial charge in [-0.05, 0) is 49.4 Å². The topological polar surface area (TPSA) is 70.2 Å². The van der Waals surface area contributed by atoms with E-state index < -0.39 is 10.0 Å². The van der Waals surface area contributed by atoms with Gasteiger partial charge in [-0.2, -0.15) is 4.31 Å². The van der Waals surface area contributed by atoms with Gasteiger partial charge in [-0.3, -0.25) is 4.79 Å². The fraction of sp³-hybridized carbons (Fsp3) is 0.296. The Labute approximate surface area is 211 Å². The van der Waals surface area contributed by atoms with Crippen LogP contribution in [0.3, 0.4) is 0 Å². The molecule has 1 fully saturated rings. The van der Waals surface area contributed by atoms with E-state index in [1.165, 1.54) is 24.5 Å². The number of benzene rings is 3. The van der Waals surface area contributed by atoms with Gasteiger partial charge in [-0.1, -0.05) is 29.8 Å². The number of ether oxygens (including phenoxy) is 1. The summed E-state index contributed by atoms with van der Waals surface area (Å²) in [6.45, 7) is 3.89. The molecule has 1 amide bonds. The molecule has 7 nitrogen and oxygen atoms in total. The first kappa shape index (κ1) is 25.7. The molecule has 0 N–H and O–H groups in total. The first-order valence-corrected chi connectivity index (χ1v) is 13.1. The second-order valence-electron chi connectivity index (χ2n) is 8.83. The number of amides is 1. The fourth-order valence-corrected chi connectivity index (χ4v) is 5.44. The van der Waals surface area contributed by atoms with Crippen LogP contribution >= 0.6 is 0 Å². The Kier molecular flexibility index (Phi) is 7.61. The van der Waals surface area contributed by atoms with Gasteiger partial charge >= 0.3 is 0 Å². The quantitative estimate of drug-likeness (QED) is 0.481. The maximum absolute atomic E-state index is 14.1. The lowest BCUT2D eigenvalue weighted by Crippen LogP contribution is -2.49. The molecule has 36 heavy (non-hydrogen) atoms. The summed E-state index contributed by atoms with van der Waals surface area (Å²) in [6, 6.07) is 18.4. The molecular weight excluding hydrogens is 481 g/mol. The van der Waals surface area contributed by atoms with E-state index in [2.05, 4.69) is 0 Å². The number of aryl methyl sites for hydroxylation is 1. The summed E-state index contributed by atoms with van der Waals surface area (Å²) < 4.78 is 47.0. The monoisotopic (exact) mass is 511 g/mol. The van der Waals surface area contributed by atoms with Gasteiger partial charge in [0.05, 0.1) is 17.7 Å². The highest BCUT2D eigenvalue weighted by Crippen LogP contribution is 2.26. The van der Waals surface area contributed by atoms with Crippen LogP contribution in [0, 0.1) is 12.7 Å².